The van der Waals surface area contributed by atoms with Gasteiger partial charge in [0.1, 0.15) is 0 Å². The van der Waals surface area contributed by atoms with Gasteiger partial charge < -0.3 is 14.8 Å². The van der Waals surface area contributed by atoms with Gasteiger partial charge in [0.2, 0.25) is 0 Å². The molecule has 2 rings (SSSR count). The van der Waals surface area contributed by atoms with E-state index in [0.29, 0.717) is 18.6 Å². The van der Waals surface area contributed by atoms with Crippen LogP contribution < -0.4 is 10.1 Å². The zero-order valence-corrected chi connectivity index (χ0v) is 10.2. The van der Waals surface area contributed by atoms with E-state index in [1.54, 1.807) is 19.2 Å². The van der Waals surface area contributed by atoms with Crippen molar-refractivity contribution in [2.24, 2.45) is 5.92 Å². The summed E-state index contributed by atoms with van der Waals surface area (Å²) in [6.45, 7) is 0.671. The van der Waals surface area contributed by atoms with E-state index in [4.69, 9.17) is 9.47 Å². The van der Waals surface area contributed by atoms with Gasteiger partial charge in [-0.25, -0.2) is 4.39 Å². The zero-order valence-electron chi connectivity index (χ0n) is 10.2. The number of benzene rings is 1. The summed E-state index contributed by atoms with van der Waals surface area (Å²) < 4.78 is 23.4. The summed E-state index contributed by atoms with van der Waals surface area (Å²) in [7, 11) is 3.16. The van der Waals surface area contributed by atoms with E-state index in [1.165, 1.54) is 26.0 Å². The molecule has 1 fully saturated rings. The second-order valence-corrected chi connectivity index (χ2v) is 4.39. The molecule has 0 spiro atoms. The summed E-state index contributed by atoms with van der Waals surface area (Å²) in [6, 6.07) is 5.12. The molecule has 0 bridgehead atoms. The average molecular weight is 239 g/mol. The third-order valence-electron chi connectivity index (χ3n) is 3.04. The van der Waals surface area contributed by atoms with E-state index in [9.17, 15) is 4.39 Å². The molecule has 0 aromatic heterocycles. The maximum absolute atomic E-state index is 13.2. The SMILES string of the molecule is COCC(Nc1ccc(F)c(OC)c1)C1CC1. The molecule has 1 unspecified atom stereocenters. The largest absolute Gasteiger partial charge is 0.494 e. The first kappa shape index (κ1) is 12.2. The Labute approximate surface area is 101 Å². The van der Waals surface area contributed by atoms with Crippen molar-refractivity contribution in [3.05, 3.63) is 24.0 Å². The molecule has 0 aliphatic heterocycles. The minimum absolute atomic E-state index is 0.266. The fraction of sp³-hybridized carbons (Fsp3) is 0.538. The van der Waals surface area contributed by atoms with Gasteiger partial charge in [0, 0.05) is 18.9 Å². The van der Waals surface area contributed by atoms with Crippen molar-refractivity contribution >= 4 is 5.69 Å². The molecule has 4 heteroatoms. The third-order valence-corrected chi connectivity index (χ3v) is 3.04. The second-order valence-electron chi connectivity index (χ2n) is 4.39. The van der Waals surface area contributed by atoms with Gasteiger partial charge in [0.25, 0.3) is 0 Å². The summed E-state index contributed by atoms with van der Waals surface area (Å²) in [4.78, 5) is 0. The molecule has 1 aromatic rings. The first-order chi connectivity index (χ1) is 8.24. The molecule has 0 amide bonds. The predicted octanol–water partition coefficient (Wildman–Crippen LogP) is 2.67. The molecular weight excluding hydrogens is 221 g/mol. The van der Waals surface area contributed by atoms with Gasteiger partial charge in [-0.3, -0.25) is 0 Å². The van der Waals surface area contributed by atoms with Crippen LogP contribution in [0.3, 0.4) is 0 Å². The second kappa shape index (κ2) is 5.36. The number of hydrogen-bond donors (Lipinski definition) is 1. The Kier molecular flexibility index (Phi) is 3.84. The minimum Gasteiger partial charge on any atom is -0.494 e. The van der Waals surface area contributed by atoms with Crippen molar-refractivity contribution in [1.29, 1.82) is 0 Å². The van der Waals surface area contributed by atoms with Gasteiger partial charge in [-0.1, -0.05) is 0 Å². The minimum atomic E-state index is -0.340. The van der Waals surface area contributed by atoms with Crippen LogP contribution in [0.4, 0.5) is 10.1 Å². The summed E-state index contributed by atoms with van der Waals surface area (Å²) in [5, 5.41) is 3.37. The van der Waals surface area contributed by atoms with Gasteiger partial charge >= 0.3 is 0 Å². The first-order valence-corrected chi connectivity index (χ1v) is 5.83. The van der Waals surface area contributed by atoms with Crippen molar-refractivity contribution in [2.45, 2.75) is 18.9 Å². The summed E-state index contributed by atoms with van der Waals surface area (Å²) in [5.41, 5.74) is 0.872. The zero-order chi connectivity index (χ0) is 12.3. The van der Waals surface area contributed by atoms with Crippen molar-refractivity contribution in [2.75, 3.05) is 26.1 Å². The Hall–Kier alpha value is -1.29. The highest BCUT2D eigenvalue weighted by Crippen LogP contribution is 2.35. The van der Waals surface area contributed by atoms with Crippen LogP contribution in [-0.4, -0.2) is 26.9 Å². The molecule has 0 radical (unpaired) electrons. The Morgan fingerprint density at radius 1 is 1.41 bits per heavy atom. The maximum atomic E-state index is 13.2. The van der Waals surface area contributed by atoms with Crippen molar-refractivity contribution in [1.82, 2.24) is 0 Å². The summed E-state index contributed by atoms with van der Waals surface area (Å²) in [5.74, 6) is 0.598. The Morgan fingerprint density at radius 2 is 2.18 bits per heavy atom. The van der Waals surface area contributed by atoms with Crippen molar-refractivity contribution in [3.63, 3.8) is 0 Å². The molecule has 3 nitrogen and oxygen atoms in total. The van der Waals surface area contributed by atoms with Crippen molar-refractivity contribution in [3.8, 4) is 5.75 Å². The lowest BCUT2D eigenvalue weighted by atomic mass is 10.2. The van der Waals surface area contributed by atoms with E-state index in [0.717, 1.165) is 5.69 Å². The number of rotatable bonds is 6. The van der Waals surface area contributed by atoms with Gasteiger partial charge in [-0.05, 0) is 30.9 Å². The van der Waals surface area contributed by atoms with Crippen LogP contribution >= 0.6 is 0 Å². The van der Waals surface area contributed by atoms with E-state index in [2.05, 4.69) is 5.32 Å². The van der Waals surface area contributed by atoms with Gasteiger partial charge in [-0.2, -0.15) is 0 Å². The monoisotopic (exact) mass is 239 g/mol. The number of ether oxygens (including phenoxy) is 2. The normalized spacial score (nSPS) is 16.6. The van der Waals surface area contributed by atoms with Crippen LogP contribution in [0.2, 0.25) is 0 Å². The summed E-state index contributed by atoms with van der Waals surface area (Å²) >= 11 is 0. The number of anilines is 1. The first-order valence-electron chi connectivity index (χ1n) is 5.83. The Balaban J connectivity index is 2.05. The average Bonchev–Trinajstić information content (AvgIpc) is 3.15. The number of methoxy groups -OCH3 is 2. The van der Waals surface area contributed by atoms with E-state index in [1.807, 2.05) is 0 Å². The van der Waals surface area contributed by atoms with Crippen LogP contribution in [-0.2, 0) is 4.74 Å². The molecule has 1 saturated carbocycles. The lowest BCUT2D eigenvalue weighted by Gasteiger charge is -2.19. The molecule has 1 aromatic carbocycles. The standard InChI is InChI=1S/C13H18FNO2/c1-16-8-12(9-3-4-9)15-10-5-6-11(14)13(7-10)17-2/h5-7,9,12,15H,3-4,8H2,1-2H3. The van der Waals surface area contributed by atoms with Crippen molar-refractivity contribution < 1.29 is 13.9 Å². The van der Waals surface area contributed by atoms with E-state index >= 15 is 0 Å². The molecular formula is C13H18FNO2. The molecule has 1 N–H and O–H groups in total. The molecule has 1 aliphatic rings. The molecule has 0 saturated heterocycles. The fourth-order valence-electron chi connectivity index (χ4n) is 1.94. The topological polar surface area (TPSA) is 30.5 Å². The van der Waals surface area contributed by atoms with Crippen LogP contribution in [0.15, 0.2) is 18.2 Å². The highest BCUT2D eigenvalue weighted by Gasteiger charge is 2.31. The highest BCUT2D eigenvalue weighted by atomic mass is 19.1. The quantitative estimate of drug-likeness (QED) is 0.828. The molecule has 94 valence electrons. The molecule has 1 atom stereocenters. The lowest BCUT2D eigenvalue weighted by Crippen LogP contribution is -2.27. The van der Waals surface area contributed by atoms with Crippen LogP contribution in [0.25, 0.3) is 0 Å². The van der Waals surface area contributed by atoms with Crippen LogP contribution in [0, 0.1) is 11.7 Å². The van der Waals surface area contributed by atoms with Crippen LogP contribution in [0.5, 0.6) is 5.75 Å². The molecule has 1 aliphatic carbocycles. The molecule has 0 heterocycles. The van der Waals surface area contributed by atoms with E-state index in [-0.39, 0.29) is 11.6 Å². The smallest absolute Gasteiger partial charge is 0.165 e. The maximum Gasteiger partial charge on any atom is 0.165 e. The number of nitrogens with one attached hydrogen (secondary N) is 1. The van der Waals surface area contributed by atoms with Gasteiger partial charge in [-0.15, -0.1) is 0 Å². The Morgan fingerprint density at radius 3 is 2.76 bits per heavy atom. The number of halogens is 1. The van der Waals surface area contributed by atoms with Crippen LogP contribution in [0.1, 0.15) is 12.8 Å². The predicted molar refractivity (Wildman–Crippen MR) is 65.0 cm³/mol. The third kappa shape index (κ3) is 3.09. The number of hydrogen-bond acceptors (Lipinski definition) is 3. The van der Waals surface area contributed by atoms with E-state index < -0.39 is 0 Å². The highest BCUT2D eigenvalue weighted by molar-refractivity contribution is 5.49. The summed E-state index contributed by atoms with van der Waals surface area (Å²) in [6.07, 6.45) is 2.47. The van der Waals surface area contributed by atoms with Gasteiger partial charge in [0.05, 0.1) is 19.8 Å². The molecule has 17 heavy (non-hydrogen) atoms. The Bertz CT molecular complexity index is 380. The fourth-order valence-corrected chi connectivity index (χ4v) is 1.94. The van der Waals surface area contributed by atoms with Gasteiger partial charge in [0.15, 0.2) is 11.6 Å². The lowest BCUT2D eigenvalue weighted by molar-refractivity contribution is 0.179.